The van der Waals surface area contributed by atoms with Crippen molar-refractivity contribution in [3.05, 3.63) is 83.5 Å². The van der Waals surface area contributed by atoms with Gasteiger partial charge in [0.1, 0.15) is 6.61 Å². The third-order valence-corrected chi connectivity index (χ3v) is 12.3. The van der Waals surface area contributed by atoms with Gasteiger partial charge in [-0.25, -0.2) is 0 Å². The van der Waals surface area contributed by atoms with Crippen molar-refractivity contribution in [2.75, 3.05) is 6.61 Å². The Labute approximate surface area is 256 Å². The molecule has 0 radical (unpaired) electrons. The lowest BCUT2D eigenvalue weighted by Gasteiger charge is -2.59. The van der Waals surface area contributed by atoms with Gasteiger partial charge in [0.15, 0.2) is 23.5 Å². The lowest BCUT2D eigenvalue weighted by Crippen LogP contribution is -2.63. The quantitative estimate of drug-likeness (QED) is 0.427. The second-order valence-corrected chi connectivity index (χ2v) is 14.5. The van der Waals surface area contributed by atoms with Gasteiger partial charge < -0.3 is 24.8 Å². The Bertz CT molecular complexity index is 1520. The number of hydrogen-bond donors (Lipinski definition) is 3. The highest BCUT2D eigenvalue weighted by Gasteiger charge is 2.75. The number of ether oxygens (including phenoxy) is 2. The Kier molecular flexibility index (Phi) is 7.12. The molecule has 7 nitrogen and oxygen atoms in total. The van der Waals surface area contributed by atoms with Gasteiger partial charge in [-0.2, -0.15) is 0 Å². The number of Topliss-reactive ketones (excluding diaryl/α,β-unsaturated/α-hetero) is 1. The van der Waals surface area contributed by atoms with Crippen LogP contribution in [0.1, 0.15) is 56.9 Å². The predicted molar refractivity (Wildman–Crippen MR) is 160 cm³/mol. The molecule has 0 amide bonds. The van der Waals surface area contributed by atoms with E-state index >= 15 is 0 Å². The molecule has 1 saturated heterocycles. The first-order valence-electron chi connectivity index (χ1n) is 15.2. The fraction of sp³-hybridized carbons (Fsp3) is 0.486. The molecular formula is C35H38O7S. The van der Waals surface area contributed by atoms with Crippen molar-refractivity contribution in [1.29, 1.82) is 0 Å². The Balaban J connectivity index is 1.16. The molecule has 2 aromatic carbocycles. The van der Waals surface area contributed by atoms with E-state index in [1.54, 1.807) is 23.9 Å². The lowest BCUT2D eigenvalue weighted by molar-refractivity contribution is -0.201. The van der Waals surface area contributed by atoms with Crippen LogP contribution in [-0.2, 0) is 25.7 Å². The topological polar surface area (TPSA) is 113 Å². The van der Waals surface area contributed by atoms with Gasteiger partial charge in [0, 0.05) is 32.1 Å². The second-order valence-electron chi connectivity index (χ2n) is 13.3. The summed E-state index contributed by atoms with van der Waals surface area (Å²) in [6.45, 7) is 3.51. The number of allylic oxidation sites excluding steroid dienone is 4. The minimum atomic E-state index is -1.36. The molecule has 1 heterocycles. The van der Waals surface area contributed by atoms with E-state index in [-0.39, 0.29) is 30.1 Å². The van der Waals surface area contributed by atoms with Crippen LogP contribution in [0.3, 0.4) is 0 Å². The molecule has 4 aliphatic carbocycles. The molecule has 43 heavy (non-hydrogen) atoms. The van der Waals surface area contributed by atoms with E-state index < -0.39 is 47.3 Å². The summed E-state index contributed by atoms with van der Waals surface area (Å²) in [6, 6.07) is 15.6. The van der Waals surface area contributed by atoms with Gasteiger partial charge in [-0.15, -0.1) is 0 Å². The fourth-order valence-electron chi connectivity index (χ4n) is 9.37. The van der Waals surface area contributed by atoms with Crippen LogP contribution in [0.5, 0.6) is 0 Å². The first kappa shape index (κ1) is 29.1. The van der Waals surface area contributed by atoms with Crippen molar-refractivity contribution >= 4 is 23.3 Å². The number of hydrogen-bond acceptors (Lipinski definition) is 8. The van der Waals surface area contributed by atoms with E-state index in [9.17, 15) is 24.9 Å². The number of carbonyl (C=O) groups is 2. The summed E-state index contributed by atoms with van der Waals surface area (Å²) < 4.78 is 13.3. The van der Waals surface area contributed by atoms with E-state index in [0.29, 0.717) is 12.8 Å². The number of rotatable bonds is 6. The van der Waals surface area contributed by atoms with Crippen LogP contribution in [0.25, 0.3) is 0 Å². The molecule has 0 spiro atoms. The molecule has 3 N–H and O–H groups in total. The molecule has 0 aromatic heterocycles. The van der Waals surface area contributed by atoms with E-state index in [1.807, 2.05) is 61.5 Å². The van der Waals surface area contributed by atoms with Gasteiger partial charge in [0.25, 0.3) is 0 Å². The largest absolute Gasteiger partial charge is 0.393 e. The van der Waals surface area contributed by atoms with Gasteiger partial charge in [-0.1, -0.05) is 61.5 Å². The predicted octanol–water partition coefficient (Wildman–Crippen LogP) is 4.93. The highest BCUT2D eigenvalue weighted by molar-refractivity contribution is 7.99. The van der Waals surface area contributed by atoms with Crippen LogP contribution in [0, 0.1) is 28.6 Å². The highest BCUT2D eigenvalue weighted by atomic mass is 32.2. The van der Waals surface area contributed by atoms with Crippen LogP contribution in [0.15, 0.2) is 82.1 Å². The third-order valence-electron chi connectivity index (χ3n) is 11.3. The van der Waals surface area contributed by atoms with E-state index in [0.717, 1.165) is 39.3 Å². The molecule has 2 aromatic rings. The maximum absolute atomic E-state index is 13.7. The molecule has 3 saturated carbocycles. The average Bonchev–Trinajstić information content (AvgIpc) is 3.50. The first-order chi connectivity index (χ1) is 20.6. The van der Waals surface area contributed by atoms with Crippen LogP contribution >= 0.6 is 11.8 Å². The molecule has 8 heteroatoms. The molecule has 4 fully saturated rings. The number of fused-ring (bicyclic) bond motifs is 7. The van der Waals surface area contributed by atoms with Crippen molar-refractivity contribution in [1.82, 2.24) is 0 Å². The van der Waals surface area contributed by atoms with Gasteiger partial charge in [0.05, 0.1) is 18.8 Å². The number of benzene rings is 2. The van der Waals surface area contributed by atoms with Gasteiger partial charge in [-0.05, 0) is 79.5 Å². The molecule has 1 aliphatic heterocycles. The molecule has 226 valence electrons. The Morgan fingerprint density at radius 2 is 1.88 bits per heavy atom. The minimum absolute atomic E-state index is 0.000625. The van der Waals surface area contributed by atoms with Crippen molar-refractivity contribution < 1.29 is 34.4 Å². The maximum Gasteiger partial charge on any atom is 0.193 e. The molecule has 9 atom stereocenters. The van der Waals surface area contributed by atoms with Crippen molar-refractivity contribution in [3.63, 3.8) is 0 Å². The monoisotopic (exact) mass is 602 g/mol. The summed E-state index contributed by atoms with van der Waals surface area (Å²) in [7, 11) is 0. The number of aliphatic hydroxyl groups excluding tert-OH is 3. The van der Waals surface area contributed by atoms with Gasteiger partial charge in [0.2, 0.25) is 0 Å². The second kappa shape index (κ2) is 10.5. The zero-order valence-corrected chi connectivity index (χ0v) is 25.3. The van der Waals surface area contributed by atoms with Crippen LogP contribution in [0.4, 0.5) is 0 Å². The van der Waals surface area contributed by atoms with Crippen molar-refractivity contribution in [2.45, 2.75) is 80.0 Å². The zero-order chi connectivity index (χ0) is 30.1. The first-order valence-corrected chi connectivity index (χ1v) is 16.0. The zero-order valence-electron chi connectivity index (χ0n) is 24.4. The van der Waals surface area contributed by atoms with Gasteiger partial charge in [-0.3, -0.25) is 9.59 Å². The van der Waals surface area contributed by atoms with Crippen LogP contribution in [0.2, 0.25) is 0 Å². The smallest absolute Gasteiger partial charge is 0.193 e. The number of carbonyl (C=O) groups excluding carboxylic acids is 2. The minimum Gasteiger partial charge on any atom is -0.393 e. The number of aliphatic hydroxyl groups is 3. The SMILES string of the molecule is C[C@]12C=CC(=O)C=C1CC[C@@H]1[C@@H]2[C@@H](O)C[C@@]2(C)[C@H]1C[C@H]1O[C@@H](c3ccc(Sc4cccc(CO)c4)cc3)O[C@]12C(=O)CO. The normalized spacial score (nSPS) is 39.5. The fourth-order valence-corrected chi connectivity index (χ4v) is 10.3. The van der Waals surface area contributed by atoms with Crippen molar-refractivity contribution in [2.24, 2.45) is 28.6 Å². The van der Waals surface area contributed by atoms with Gasteiger partial charge >= 0.3 is 0 Å². The highest BCUT2D eigenvalue weighted by Crippen LogP contribution is 2.70. The van der Waals surface area contributed by atoms with Crippen LogP contribution < -0.4 is 0 Å². The lowest BCUT2D eigenvalue weighted by atomic mass is 9.46. The molecule has 0 bridgehead atoms. The molecule has 0 unspecified atom stereocenters. The van der Waals surface area contributed by atoms with E-state index in [2.05, 4.69) is 6.92 Å². The third kappa shape index (κ3) is 4.29. The summed E-state index contributed by atoms with van der Waals surface area (Å²) in [6.07, 6.45) is 5.89. The Hall–Kier alpha value is -2.59. The van der Waals surface area contributed by atoms with E-state index in [4.69, 9.17) is 9.47 Å². The van der Waals surface area contributed by atoms with E-state index in [1.165, 1.54) is 0 Å². The van der Waals surface area contributed by atoms with Crippen molar-refractivity contribution in [3.8, 4) is 0 Å². The molecule has 5 aliphatic rings. The average molecular weight is 603 g/mol. The summed E-state index contributed by atoms with van der Waals surface area (Å²) >= 11 is 1.59. The summed E-state index contributed by atoms with van der Waals surface area (Å²) in [5.74, 6) is -0.292. The number of ketones is 2. The Morgan fingerprint density at radius 3 is 2.63 bits per heavy atom. The summed E-state index contributed by atoms with van der Waals surface area (Å²) in [5.41, 5.74) is 0.225. The standard InChI is InChI=1S/C35H38O7S/c1-33-13-12-23(38)15-22(33)8-11-26-27-16-30-35(29(40)19-37,34(27,2)17-28(39)31(26)33)42-32(41-30)21-6-9-24(10-7-21)43-25-5-3-4-20(14-25)18-36/h3-7,9-10,12-15,26-28,30-32,36-37,39H,8,11,16-19H2,1-2H3/t26-,27-,28-,30+,31+,32+,33-,34-,35+/m0/s1. The molecule has 7 rings (SSSR count). The van der Waals surface area contributed by atoms with Crippen LogP contribution in [-0.4, -0.2) is 51.3 Å². The molecular weight excluding hydrogens is 564 g/mol. The Morgan fingerprint density at radius 1 is 1.09 bits per heavy atom. The maximum atomic E-state index is 13.7. The summed E-state index contributed by atoms with van der Waals surface area (Å²) in [4.78, 5) is 27.9. The summed E-state index contributed by atoms with van der Waals surface area (Å²) in [5, 5.41) is 31.5.